The Balaban J connectivity index is 2.59. The highest BCUT2D eigenvalue weighted by Gasteiger charge is 2.21. The zero-order valence-electron chi connectivity index (χ0n) is 15.9. The summed E-state index contributed by atoms with van der Waals surface area (Å²) in [7, 11) is 1.96. The molecule has 0 unspecified atom stereocenters. The SMILES string of the molecule is CCC(CC)/C(=C/C(C)=N)c1nc(-c2c(C)nn(C)c2C)c(C)[nH]1. The summed E-state index contributed by atoms with van der Waals surface area (Å²) in [6, 6.07) is 0. The van der Waals surface area contributed by atoms with Gasteiger partial charge in [0.25, 0.3) is 0 Å². The minimum absolute atomic E-state index is 0.403. The third kappa shape index (κ3) is 3.35. The summed E-state index contributed by atoms with van der Waals surface area (Å²) >= 11 is 0. The van der Waals surface area contributed by atoms with Crippen LogP contribution in [0.5, 0.6) is 0 Å². The van der Waals surface area contributed by atoms with Gasteiger partial charge in [0.1, 0.15) is 5.82 Å². The van der Waals surface area contributed by atoms with Crippen molar-refractivity contribution < 1.29 is 0 Å². The summed E-state index contributed by atoms with van der Waals surface area (Å²) in [6.07, 6.45) is 4.02. The van der Waals surface area contributed by atoms with E-state index in [0.29, 0.717) is 11.6 Å². The zero-order valence-corrected chi connectivity index (χ0v) is 15.9. The first-order valence-corrected chi connectivity index (χ1v) is 8.64. The molecule has 130 valence electrons. The highest BCUT2D eigenvalue weighted by atomic mass is 15.3. The van der Waals surface area contributed by atoms with Crippen molar-refractivity contribution in [2.45, 2.75) is 54.4 Å². The number of H-pyrrole nitrogens is 1. The van der Waals surface area contributed by atoms with Gasteiger partial charge in [0.15, 0.2) is 0 Å². The van der Waals surface area contributed by atoms with Crippen LogP contribution in [0.15, 0.2) is 6.08 Å². The fourth-order valence-corrected chi connectivity index (χ4v) is 3.30. The van der Waals surface area contributed by atoms with Gasteiger partial charge in [-0.05, 0) is 58.1 Å². The molecule has 2 N–H and O–H groups in total. The van der Waals surface area contributed by atoms with E-state index in [1.165, 1.54) is 0 Å². The summed E-state index contributed by atoms with van der Waals surface area (Å²) in [5, 5.41) is 12.4. The van der Waals surface area contributed by atoms with Gasteiger partial charge in [-0.2, -0.15) is 5.10 Å². The molecule has 5 heteroatoms. The molecule has 0 spiro atoms. The average molecular weight is 327 g/mol. The lowest BCUT2D eigenvalue weighted by atomic mass is 9.92. The Bertz CT molecular complexity index is 772. The predicted molar refractivity (Wildman–Crippen MR) is 100 cm³/mol. The van der Waals surface area contributed by atoms with E-state index in [9.17, 15) is 0 Å². The summed E-state index contributed by atoms with van der Waals surface area (Å²) in [6.45, 7) is 12.3. The third-order valence-corrected chi connectivity index (χ3v) is 4.70. The molecule has 0 saturated heterocycles. The Morgan fingerprint density at radius 2 is 1.88 bits per heavy atom. The van der Waals surface area contributed by atoms with Crippen LogP contribution in [-0.2, 0) is 7.05 Å². The zero-order chi connectivity index (χ0) is 18.0. The molecule has 2 heterocycles. The van der Waals surface area contributed by atoms with Gasteiger partial charge < -0.3 is 10.4 Å². The second-order valence-corrected chi connectivity index (χ2v) is 6.52. The number of rotatable bonds is 6. The molecule has 0 atom stereocenters. The van der Waals surface area contributed by atoms with Gasteiger partial charge >= 0.3 is 0 Å². The number of imidazole rings is 1. The Hall–Kier alpha value is -2.17. The van der Waals surface area contributed by atoms with Gasteiger partial charge in [-0.1, -0.05) is 13.8 Å². The van der Waals surface area contributed by atoms with Gasteiger partial charge in [0.2, 0.25) is 0 Å². The number of hydrogen-bond acceptors (Lipinski definition) is 3. The van der Waals surface area contributed by atoms with E-state index in [-0.39, 0.29) is 0 Å². The van der Waals surface area contributed by atoms with Crippen LogP contribution in [0.4, 0.5) is 0 Å². The van der Waals surface area contributed by atoms with Crippen LogP contribution < -0.4 is 0 Å². The maximum absolute atomic E-state index is 7.88. The fourth-order valence-electron chi connectivity index (χ4n) is 3.30. The smallest absolute Gasteiger partial charge is 0.134 e. The van der Waals surface area contributed by atoms with E-state index in [1.807, 2.05) is 31.7 Å². The topological polar surface area (TPSA) is 70.3 Å². The third-order valence-electron chi connectivity index (χ3n) is 4.70. The van der Waals surface area contributed by atoms with Crippen molar-refractivity contribution in [1.82, 2.24) is 19.7 Å². The predicted octanol–water partition coefficient (Wildman–Crippen LogP) is 4.59. The molecule has 0 aliphatic heterocycles. The van der Waals surface area contributed by atoms with Gasteiger partial charge in [-0.15, -0.1) is 0 Å². The van der Waals surface area contributed by atoms with Crippen LogP contribution in [0.3, 0.4) is 0 Å². The molecule has 0 aliphatic carbocycles. The second-order valence-electron chi connectivity index (χ2n) is 6.52. The van der Waals surface area contributed by atoms with Crippen molar-refractivity contribution in [2.75, 3.05) is 0 Å². The molecule has 2 aromatic rings. The molecule has 0 bridgehead atoms. The van der Waals surface area contributed by atoms with Crippen LogP contribution in [0.2, 0.25) is 0 Å². The molecule has 5 nitrogen and oxygen atoms in total. The minimum Gasteiger partial charge on any atom is -0.342 e. The van der Waals surface area contributed by atoms with Gasteiger partial charge in [0, 0.05) is 29.7 Å². The summed E-state index contributed by atoms with van der Waals surface area (Å²) in [5.41, 5.74) is 6.91. The fraction of sp³-hybridized carbons (Fsp3) is 0.526. The highest BCUT2D eigenvalue weighted by molar-refractivity contribution is 5.97. The maximum atomic E-state index is 7.88. The Labute approximate surface area is 144 Å². The van der Waals surface area contributed by atoms with Crippen molar-refractivity contribution in [3.63, 3.8) is 0 Å². The van der Waals surface area contributed by atoms with E-state index in [2.05, 4.69) is 37.8 Å². The molecule has 0 aromatic carbocycles. The first kappa shape index (κ1) is 18.2. The van der Waals surface area contributed by atoms with Gasteiger partial charge in [-0.3, -0.25) is 4.68 Å². The van der Waals surface area contributed by atoms with Crippen molar-refractivity contribution in [2.24, 2.45) is 13.0 Å². The molecule has 24 heavy (non-hydrogen) atoms. The molecule has 0 radical (unpaired) electrons. The van der Waals surface area contributed by atoms with Crippen LogP contribution in [-0.4, -0.2) is 25.5 Å². The van der Waals surface area contributed by atoms with E-state index in [0.717, 1.165) is 52.6 Å². The van der Waals surface area contributed by atoms with Crippen LogP contribution in [0.1, 0.15) is 56.5 Å². The average Bonchev–Trinajstić information content (AvgIpc) is 2.99. The van der Waals surface area contributed by atoms with Crippen molar-refractivity contribution in [1.29, 1.82) is 5.41 Å². The number of aromatic amines is 1. The molecule has 0 amide bonds. The summed E-state index contributed by atoms with van der Waals surface area (Å²) in [5.74, 6) is 1.28. The monoisotopic (exact) mass is 327 g/mol. The standard InChI is InChI=1S/C19H29N5/c1-8-15(9-2)16(10-11(3)20)19-21-13(5)18(22-19)17-12(4)23-24(7)14(17)6/h10,15,20H,8-9H2,1-7H3,(H,21,22)/b16-10-,20-11?. The van der Waals surface area contributed by atoms with E-state index >= 15 is 0 Å². The highest BCUT2D eigenvalue weighted by Crippen LogP contribution is 2.32. The lowest BCUT2D eigenvalue weighted by Crippen LogP contribution is -2.04. The number of hydrogen-bond donors (Lipinski definition) is 2. The minimum atomic E-state index is 0.403. The van der Waals surface area contributed by atoms with E-state index in [1.54, 1.807) is 0 Å². The quantitative estimate of drug-likeness (QED) is 0.761. The van der Waals surface area contributed by atoms with Crippen LogP contribution >= 0.6 is 0 Å². The first-order valence-electron chi connectivity index (χ1n) is 8.64. The molecular formula is C19H29N5. The summed E-state index contributed by atoms with van der Waals surface area (Å²) < 4.78 is 1.90. The molecule has 2 rings (SSSR count). The first-order chi connectivity index (χ1) is 11.3. The Morgan fingerprint density at radius 1 is 1.25 bits per heavy atom. The maximum Gasteiger partial charge on any atom is 0.134 e. The number of nitrogens with zero attached hydrogens (tertiary/aromatic N) is 3. The van der Waals surface area contributed by atoms with Crippen molar-refractivity contribution in [3.8, 4) is 11.3 Å². The normalized spacial score (nSPS) is 12.2. The number of aryl methyl sites for hydroxylation is 3. The largest absolute Gasteiger partial charge is 0.342 e. The lowest BCUT2D eigenvalue weighted by molar-refractivity contribution is 0.620. The van der Waals surface area contributed by atoms with E-state index < -0.39 is 0 Å². The van der Waals surface area contributed by atoms with Crippen molar-refractivity contribution in [3.05, 3.63) is 29.0 Å². The van der Waals surface area contributed by atoms with Crippen LogP contribution in [0, 0.1) is 32.1 Å². The van der Waals surface area contributed by atoms with Crippen molar-refractivity contribution >= 4 is 11.3 Å². The molecular weight excluding hydrogens is 298 g/mol. The second kappa shape index (κ2) is 7.16. The number of nitrogens with one attached hydrogen (secondary N) is 2. The van der Waals surface area contributed by atoms with Gasteiger partial charge in [0.05, 0.1) is 11.4 Å². The van der Waals surface area contributed by atoms with E-state index in [4.69, 9.17) is 10.4 Å². The molecule has 0 saturated carbocycles. The van der Waals surface area contributed by atoms with Crippen LogP contribution in [0.25, 0.3) is 16.8 Å². The number of allylic oxidation sites excluding steroid dienone is 2. The Kier molecular flexibility index (Phi) is 5.42. The molecule has 0 fully saturated rings. The Morgan fingerprint density at radius 3 is 2.33 bits per heavy atom. The lowest BCUT2D eigenvalue weighted by Gasteiger charge is -2.15. The number of aromatic nitrogens is 4. The van der Waals surface area contributed by atoms with Gasteiger partial charge in [-0.25, -0.2) is 4.98 Å². The molecule has 2 aromatic heterocycles. The summed E-state index contributed by atoms with van der Waals surface area (Å²) in [4.78, 5) is 8.36. The molecule has 0 aliphatic rings.